The second-order valence-electron chi connectivity index (χ2n) is 4.24. The summed E-state index contributed by atoms with van der Waals surface area (Å²) in [6, 6.07) is 7.83. The highest BCUT2D eigenvalue weighted by atomic mass is 79.9. The lowest BCUT2D eigenvalue weighted by Crippen LogP contribution is -2.05. The van der Waals surface area contributed by atoms with Crippen LogP contribution in [0.15, 0.2) is 34.9 Å². The van der Waals surface area contributed by atoms with E-state index in [0.29, 0.717) is 6.42 Å². The zero-order valence-corrected chi connectivity index (χ0v) is 12.1. The standard InChI is InChI=1S/C14H15BrN2O/c1-3-13-12(9-17(2)16-13)14(18)8-10-4-6-11(15)7-5-10/h4-7,9H,3,8H2,1-2H3. The van der Waals surface area contributed by atoms with E-state index in [9.17, 15) is 4.79 Å². The summed E-state index contributed by atoms with van der Waals surface area (Å²) in [5, 5.41) is 4.29. The fraction of sp³-hybridized carbons (Fsp3) is 0.286. The van der Waals surface area contributed by atoms with Crippen LogP contribution in [0.1, 0.15) is 28.5 Å². The number of rotatable bonds is 4. The van der Waals surface area contributed by atoms with Gasteiger partial charge in [0.1, 0.15) is 0 Å². The third kappa shape index (κ3) is 2.88. The fourth-order valence-corrected chi connectivity index (χ4v) is 2.18. The van der Waals surface area contributed by atoms with Crippen LogP contribution in [0.5, 0.6) is 0 Å². The van der Waals surface area contributed by atoms with Crippen LogP contribution >= 0.6 is 15.9 Å². The highest BCUT2D eigenvalue weighted by Gasteiger charge is 2.14. The van der Waals surface area contributed by atoms with E-state index in [2.05, 4.69) is 21.0 Å². The molecule has 4 heteroatoms. The molecule has 0 saturated heterocycles. The fourth-order valence-electron chi connectivity index (χ4n) is 1.91. The molecule has 0 aliphatic rings. The van der Waals surface area contributed by atoms with Crippen LogP contribution in [0, 0.1) is 0 Å². The van der Waals surface area contributed by atoms with Crippen LogP contribution in [-0.4, -0.2) is 15.6 Å². The normalized spacial score (nSPS) is 10.6. The molecule has 3 nitrogen and oxygen atoms in total. The van der Waals surface area contributed by atoms with Crippen molar-refractivity contribution in [2.24, 2.45) is 7.05 Å². The quantitative estimate of drug-likeness (QED) is 0.813. The van der Waals surface area contributed by atoms with Gasteiger partial charge in [-0.2, -0.15) is 5.10 Å². The molecule has 1 heterocycles. The predicted molar refractivity (Wildman–Crippen MR) is 74.8 cm³/mol. The van der Waals surface area contributed by atoms with Crippen LogP contribution in [0.4, 0.5) is 0 Å². The third-order valence-electron chi connectivity index (χ3n) is 2.82. The lowest BCUT2D eigenvalue weighted by Gasteiger charge is -2.01. The van der Waals surface area contributed by atoms with Gasteiger partial charge in [0, 0.05) is 24.1 Å². The number of aryl methyl sites for hydroxylation is 2. The van der Waals surface area contributed by atoms with Gasteiger partial charge in [-0.25, -0.2) is 0 Å². The van der Waals surface area contributed by atoms with Gasteiger partial charge in [-0.15, -0.1) is 0 Å². The van der Waals surface area contributed by atoms with Gasteiger partial charge in [-0.3, -0.25) is 9.48 Å². The Kier molecular flexibility index (Phi) is 3.97. The van der Waals surface area contributed by atoms with Gasteiger partial charge >= 0.3 is 0 Å². The average Bonchev–Trinajstić information content (AvgIpc) is 2.73. The predicted octanol–water partition coefficient (Wildman–Crippen LogP) is 3.17. The number of nitrogens with zero attached hydrogens (tertiary/aromatic N) is 2. The summed E-state index contributed by atoms with van der Waals surface area (Å²) >= 11 is 3.38. The minimum atomic E-state index is 0.127. The van der Waals surface area contributed by atoms with E-state index in [1.54, 1.807) is 10.9 Å². The molecule has 0 atom stereocenters. The molecule has 2 rings (SSSR count). The number of carbonyl (C=O) groups excluding carboxylic acids is 1. The first-order valence-electron chi connectivity index (χ1n) is 5.90. The van der Waals surface area contributed by atoms with Crippen LogP contribution in [0.25, 0.3) is 0 Å². The average molecular weight is 307 g/mol. The molecule has 0 bridgehead atoms. The first kappa shape index (κ1) is 13.0. The van der Waals surface area contributed by atoms with Crippen LogP contribution in [-0.2, 0) is 19.9 Å². The number of hydrogen-bond acceptors (Lipinski definition) is 2. The molecule has 0 unspecified atom stereocenters. The summed E-state index contributed by atoms with van der Waals surface area (Å²) in [4.78, 5) is 12.2. The molecule has 18 heavy (non-hydrogen) atoms. The number of hydrogen-bond donors (Lipinski definition) is 0. The summed E-state index contributed by atoms with van der Waals surface area (Å²) in [6.45, 7) is 2.01. The molecular weight excluding hydrogens is 292 g/mol. The van der Waals surface area contributed by atoms with Crippen LogP contribution in [0.3, 0.4) is 0 Å². The molecule has 0 aliphatic heterocycles. The molecule has 1 aromatic carbocycles. The molecule has 0 fully saturated rings. The zero-order chi connectivity index (χ0) is 13.1. The van der Waals surface area contributed by atoms with Gasteiger partial charge < -0.3 is 0 Å². The maximum atomic E-state index is 12.2. The Morgan fingerprint density at radius 2 is 2.00 bits per heavy atom. The summed E-state index contributed by atoms with van der Waals surface area (Å²) in [7, 11) is 1.84. The molecule has 0 spiro atoms. The molecule has 0 N–H and O–H groups in total. The summed E-state index contributed by atoms with van der Waals surface area (Å²) in [6.07, 6.45) is 3.01. The van der Waals surface area contributed by atoms with Gasteiger partial charge in [0.25, 0.3) is 0 Å². The molecule has 0 saturated carbocycles. The maximum absolute atomic E-state index is 12.2. The Hall–Kier alpha value is -1.42. The van der Waals surface area contributed by atoms with Crippen molar-refractivity contribution in [2.75, 3.05) is 0 Å². The molecule has 0 aliphatic carbocycles. The molecule has 1 aromatic heterocycles. The van der Waals surface area contributed by atoms with E-state index < -0.39 is 0 Å². The molecule has 94 valence electrons. The summed E-state index contributed by atoms with van der Waals surface area (Å²) in [5.41, 5.74) is 2.64. The summed E-state index contributed by atoms with van der Waals surface area (Å²) < 4.78 is 2.72. The van der Waals surface area contributed by atoms with Gasteiger partial charge in [-0.05, 0) is 24.1 Å². The van der Waals surface area contributed by atoms with Crippen LogP contribution < -0.4 is 0 Å². The van der Waals surface area contributed by atoms with E-state index >= 15 is 0 Å². The van der Waals surface area contributed by atoms with E-state index in [1.165, 1.54) is 0 Å². The highest BCUT2D eigenvalue weighted by Crippen LogP contribution is 2.14. The smallest absolute Gasteiger partial charge is 0.170 e. The maximum Gasteiger partial charge on any atom is 0.170 e. The van der Waals surface area contributed by atoms with E-state index in [4.69, 9.17) is 0 Å². The lowest BCUT2D eigenvalue weighted by atomic mass is 10.0. The number of ketones is 1. The minimum absolute atomic E-state index is 0.127. The monoisotopic (exact) mass is 306 g/mol. The van der Waals surface area contributed by atoms with Crippen molar-refractivity contribution in [3.63, 3.8) is 0 Å². The van der Waals surface area contributed by atoms with E-state index in [-0.39, 0.29) is 5.78 Å². The number of benzene rings is 1. The number of carbonyl (C=O) groups is 1. The Morgan fingerprint density at radius 3 is 2.61 bits per heavy atom. The Bertz CT molecular complexity index is 558. The van der Waals surface area contributed by atoms with Gasteiger partial charge in [-0.1, -0.05) is 35.0 Å². The Morgan fingerprint density at radius 1 is 1.33 bits per heavy atom. The largest absolute Gasteiger partial charge is 0.294 e. The summed E-state index contributed by atoms with van der Waals surface area (Å²) in [5.74, 6) is 0.127. The second kappa shape index (κ2) is 5.48. The third-order valence-corrected chi connectivity index (χ3v) is 3.35. The van der Waals surface area contributed by atoms with Crippen molar-refractivity contribution in [3.05, 3.63) is 51.8 Å². The van der Waals surface area contributed by atoms with E-state index in [1.807, 2.05) is 38.2 Å². The van der Waals surface area contributed by atoms with Gasteiger partial charge in [0.05, 0.1) is 11.3 Å². The molecule has 0 radical (unpaired) electrons. The Labute approximate surface area is 115 Å². The lowest BCUT2D eigenvalue weighted by molar-refractivity contribution is 0.0992. The van der Waals surface area contributed by atoms with Crippen molar-refractivity contribution in [3.8, 4) is 0 Å². The molecular formula is C14H15BrN2O. The van der Waals surface area contributed by atoms with Gasteiger partial charge in [0.15, 0.2) is 5.78 Å². The van der Waals surface area contributed by atoms with Crippen molar-refractivity contribution in [1.29, 1.82) is 0 Å². The van der Waals surface area contributed by atoms with Crippen molar-refractivity contribution >= 4 is 21.7 Å². The zero-order valence-electron chi connectivity index (χ0n) is 10.5. The SMILES string of the molecule is CCc1nn(C)cc1C(=O)Cc1ccc(Br)cc1. The number of halogens is 1. The first-order valence-corrected chi connectivity index (χ1v) is 6.69. The van der Waals surface area contributed by atoms with Crippen molar-refractivity contribution in [2.45, 2.75) is 19.8 Å². The first-order chi connectivity index (χ1) is 8.60. The topological polar surface area (TPSA) is 34.9 Å². The van der Waals surface area contributed by atoms with E-state index in [0.717, 1.165) is 27.7 Å². The molecule has 2 aromatic rings. The minimum Gasteiger partial charge on any atom is -0.294 e. The van der Waals surface area contributed by atoms with Crippen LogP contribution in [0.2, 0.25) is 0 Å². The molecule has 0 amide bonds. The highest BCUT2D eigenvalue weighted by molar-refractivity contribution is 9.10. The number of Topliss-reactive ketones (excluding diaryl/α,β-unsaturated/α-hetero) is 1. The van der Waals surface area contributed by atoms with Crippen molar-refractivity contribution < 1.29 is 4.79 Å². The number of aromatic nitrogens is 2. The van der Waals surface area contributed by atoms with Crippen molar-refractivity contribution in [1.82, 2.24) is 9.78 Å². The second-order valence-corrected chi connectivity index (χ2v) is 5.16. The van der Waals surface area contributed by atoms with Gasteiger partial charge in [0.2, 0.25) is 0 Å². The Balaban J connectivity index is 2.19.